The number of nitrogens with zero attached hydrogens (tertiary/aromatic N) is 1. The molecule has 0 fully saturated rings. The second-order valence-corrected chi connectivity index (χ2v) is 12.0. The van der Waals surface area contributed by atoms with Crippen molar-refractivity contribution in [2.24, 2.45) is 0 Å². The lowest BCUT2D eigenvalue weighted by molar-refractivity contribution is -0.136. The van der Waals surface area contributed by atoms with Gasteiger partial charge in [-0.3, -0.25) is 0 Å². The number of hydrogen-bond donors (Lipinski definition) is 0. The van der Waals surface area contributed by atoms with Crippen molar-refractivity contribution in [1.82, 2.24) is 4.31 Å². The van der Waals surface area contributed by atoms with Crippen molar-refractivity contribution < 1.29 is 17.9 Å². The largest absolute Gasteiger partial charge is 0.460 e. The van der Waals surface area contributed by atoms with Crippen LogP contribution in [0.1, 0.15) is 25.5 Å². The second kappa shape index (κ2) is 8.17. The van der Waals surface area contributed by atoms with E-state index >= 15 is 0 Å². The van der Waals surface area contributed by atoms with E-state index in [1.807, 2.05) is 0 Å². The van der Waals surface area contributed by atoms with Crippen LogP contribution in [0.4, 0.5) is 0 Å². The van der Waals surface area contributed by atoms with Crippen molar-refractivity contribution in [3.63, 3.8) is 0 Å². The van der Waals surface area contributed by atoms with Crippen LogP contribution >= 0.6 is 69.6 Å². The van der Waals surface area contributed by atoms with Gasteiger partial charge in [-0.1, -0.05) is 83.5 Å². The second-order valence-electron chi connectivity index (χ2n) is 5.34. The topological polar surface area (TPSA) is 55.8 Å². The van der Waals surface area contributed by atoms with E-state index in [1.165, 1.54) is 22.5 Å². The van der Waals surface area contributed by atoms with Crippen molar-refractivity contribution in [1.29, 1.82) is 0 Å². The SMILES string of the molecule is CCN(CC)S(=O)(=O)c1ccc2c(c1)C(C(Cl)(Cl)Cl)OC(C(Cl)(Cl)Cl)O2. The van der Waals surface area contributed by atoms with E-state index < -0.39 is 30.0 Å². The summed E-state index contributed by atoms with van der Waals surface area (Å²) in [7, 11) is -3.73. The summed E-state index contributed by atoms with van der Waals surface area (Å²) in [5.74, 6) is 0.197. The highest BCUT2D eigenvalue weighted by Gasteiger charge is 2.48. The first-order valence-electron chi connectivity index (χ1n) is 7.42. The molecule has 0 N–H and O–H groups in total. The van der Waals surface area contributed by atoms with Crippen LogP contribution < -0.4 is 4.74 Å². The molecule has 0 amide bonds. The zero-order valence-electron chi connectivity index (χ0n) is 13.6. The minimum absolute atomic E-state index is 0.0127. The summed E-state index contributed by atoms with van der Waals surface area (Å²) in [5, 5.41) is 0. The van der Waals surface area contributed by atoms with E-state index in [2.05, 4.69) is 0 Å². The lowest BCUT2D eigenvalue weighted by Gasteiger charge is -2.38. The number of sulfonamides is 1. The molecule has 12 heteroatoms. The summed E-state index contributed by atoms with van der Waals surface area (Å²) in [6.07, 6.45) is -2.55. The van der Waals surface area contributed by atoms with Crippen LogP contribution in [0.25, 0.3) is 0 Å². The molecule has 1 aromatic rings. The molecule has 0 bridgehead atoms. The molecule has 1 aliphatic rings. The molecule has 148 valence electrons. The van der Waals surface area contributed by atoms with Crippen LogP contribution in [0, 0.1) is 0 Å². The number of rotatable bonds is 4. The van der Waals surface area contributed by atoms with Gasteiger partial charge in [-0.05, 0) is 18.2 Å². The van der Waals surface area contributed by atoms with Gasteiger partial charge in [0.2, 0.25) is 20.1 Å². The predicted octanol–water partition coefficient (Wildman–Crippen LogP) is 5.23. The van der Waals surface area contributed by atoms with Crippen molar-refractivity contribution in [2.75, 3.05) is 13.1 Å². The number of ether oxygens (including phenoxy) is 2. The number of halogens is 6. The standard InChI is InChI=1S/C14H15Cl6NO4S/c1-3-21(4-2)26(22,23)8-5-6-10-9(7-8)11(13(15,16)17)25-12(24-10)14(18,19)20/h5-7,11-12H,3-4H2,1-2H3. The Morgan fingerprint density at radius 3 is 2.08 bits per heavy atom. The third-order valence-electron chi connectivity index (χ3n) is 3.67. The molecule has 0 aromatic heterocycles. The molecular weight excluding hydrogens is 491 g/mol. The lowest BCUT2D eigenvalue weighted by atomic mass is 10.1. The lowest BCUT2D eigenvalue weighted by Crippen LogP contribution is -2.42. The zero-order chi connectivity index (χ0) is 19.9. The molecule has 1 heterocycles. The van der Waals surface area contributed by atoms with E-state index in [9.17, 15) is 8.42 Å². The molecule has 0 aliphatic carbocycles. The highest BCUT2D eigenvalue weighted by molar-refractivity contribution is 7.89. The highest BCUT2D eigenvalue weighted by Crippen LogP contribution is 2.51. The van der Waals surface area contributed by atoms with Gasteiger partial charge in [0.25, 0.3) is 3.79 Å². The Labute approximate surface area is 182 Å². The third-order valence-corrected chi connectivity index (χ3v) is 6.84. The van der Waals surface area contributed by atoms with Crippen LogP contribution in [0.3, 0.4) is 0 Å². The molecule has 2 unspecified atom stereocenters. The van der Waals surface area contributed by atoms with E-state index in [-0.39, 0.29) is 16.2 Å². The summed E-state index contributed by atoms with van der Waals surface area (Å²) in [5.41, 5.74) is 0.226. The molecule has 1 aliphatic heterocycles. The molecule has 0 spiro atoms. The molecule has 2 atom stereocenters. The Morgan fingerprint density at radius 1 is 1.04 bits per heavy atom. The molecule has 26 heavy (non-hydrogen) atoms. The predicted molar refractivity (Wildman–Crippen MR) is 105 cm³/mol. The molecule has 5 nitrogen and oxygen atoms in total. The van der Waals surface area contributed by atoms with Gasteiger partial charge in [-0.2, -0.15) is 4.31 Å². The van der Waals surface area contributed by atoms with E-state index in [4.69, 9.17) is 79.1 Å². The van der Waals surface area contributed by atoms with Crippen LogP contribution in [-0.2, 0) is 14.8 Å². The zero-order valence-corrected chi connectivity index (χ0v) is 18.9. The first-order chi connectivity index (χ1) is 11.8. The third kappa shape index (κ3) is 4.78. The highest BCUT2D eigenvalue weighted by atomic mass is 35.6. The normalized spacial score (nSPS) is 21.4. The fourth-order valence-electron chi connectivity index (χ4n) is 2.45. The van der Waals surface area contributed by atoms with Gasteiger partial charge in [-0.25, -0.2) is 8.42 Å². The Bertz CT molecular complexity index is 758. The van der Waals surface area contributed by atoms with Crippen LogP contribution in [0.15, 0.2) is 23.1 Å². The first-order valence-corrected chi connectivity index (χ1v) is 11.1. The maximum absolute atomic E-state index is 12.7. The van der Waals surface area contributed by atoms with E-state index in [1.54, 1.807) is 13.8 Å². The molecule has 2 rings (SSSR count). The fourth-order valence-corrected chi connectivity index (χ4v) is 4.74. The fraction of sp³-hybridized carbons (Fsp3) is 0.571. The summed E-state index contributed by atoms with van der Waals surface area (Å²) < 4.78 is 33.9. The van der Waals surface area contributed by atoms with Crippen molar-refractivity contribution in [3.05, 3.63) is 23.8 Å². The molecule has 0 saturated carbocycles. The number of alkyl halides is 6. The summed E-state index contributed by atoms with van der Waals surface area (Å²) in [6.45, 7) is 4.10. The number of benzene rings is 1. The Balaban J connectivity index is 2.56. The van der Waals surface area contributed by atoms with E-state index in [0.29, 0.717) is 13.1 Å². The van der Waals surface area contributed by atoms with Gasteiger partial charge in [0.05, 0.1) is 4.90 Å². The molecule has 0 radical (unpaired) electrons. The maximum Gasteiger partial charge on any atom is 0.252 e. The van der Waals surface area contributed by atoms with E-state index in [0.717, 1.165) is 0 Å². The van der Waals surface area contributed by atoms with Crippen LogP contribution in [0.2, 0.25) is 0 Å². The summed E-state index contributed by atoms with van der Waals surface area (Å²) in [6, 6.07) is 4.13. The van der Waals surface area contributed by atoms with Gasteiger partial charge in [-0.15, -0.1) is 0 Å². The Morgan fingerprint density at radius 2 is 1.62 bits per heavy atom. The van der Waals surface area contributed by atoms with Gasteiger partial charge >= 0.3 is 0 Å². The minimum atomic E-state index is -3.73. The monoisotopic (exact) mass is 503 g/mol. The molecule has 1 aromatic carbocycles. The van der Waals surface area contributed by atoms with Gasteiger partial charge in [0.15, 0.2) is 0 Å². The van der Waals surface area contributed by atoms with Gasteiger partial charge in [0.1, 0.15) is 11.9 Å². The number of hydrogen-bond acceptors (Lipinski definition) is 4. The molecule has 0 saturated heterocycles. The summed E-state index contributed by atoms with van der Waals surface area (Å²) >= 11 is 35.5. The Hall–Kier alpha value is 0.630. The quantitative estimate of drug-likeness (QED) is 0.525. The van der Waals surface area contributed by atoms with Crippen LogP contribution in [0.5, 0.6) is 5.75 Å². The Kier molecular flexibility index (Phi) is 7.20. The summed E-state index contributed by atoms with van der Waals surface area (Å²) in [4.78, 5) is 0.0127. The van der Waals surface area contributed by atoms with Crippen molar-refractivity contribution >= 4 is 79.6 Å². The van der Waals surface area contributed by atoms with Gasteiger partial charge < -0.3 is 9.47 Å². The smallest absolute Gasteiger partial charge is 0.252 e. The molecular formula is C14H15Cl6NO4S. The minimum Gasteiger partial charge on any atom is -0.460 e. The van der Waals surface area contributed by atoms with Gasteiger partial charge in [0, 0.05) is 18.7 Å². The number of fused-ring (bicyclic) bond motifs is 1. The van der Waals surface area contributed by atoms with Crippen molar-refractivity contribution in [3.8, 4) is 5.75 Å². The van der Waals surface area contributed by atoms with Crippen LogP contribution in [-0.4, -0.2) is 39.7 Å². The average molecular weight is 506 g/mol. The maximum atomic E-state index is 12.7. The van der Waals surface area contributed by atoms with Crippen molar-refractivity contribution in [2.45, 2.75) is 38.7 Å². The average Bonchev–Trinajstić information content (AvgIpc) is 2.52. The first kappa shape index (κ1) is 22.9.